The highest BCUT2D eigenvalue weighted by Crippen LogP contribution is 2.34. The quantitative estimate of drug-likeness (QED) is 0.885. The lowest BCUT2D eigenvalue weighted by Crippen LogP contribution is -2.29. The van der Waals surface area contributed by atoms with Crippen LogP contribution in [0.1, 0.15) is 18.3 Å². The van der Waals surface area contributed by atoms with Gasteiger partial charge in [0.2, 0.25) is 0 Å². The number of aromatic amines is 1. The highest BCUT2D eigenvalue weighted by molar-refractivity contribution is 6.30. The Hall–Kier alpha value is -1.48. The number of benzene rings is 1. The average molecular weight is 248 g/mol. The molecular weight excluding hydrogens is 234 g/mol. The Morgan fingerprint density at radius 2 is 2.41 bits per heavy atom. The lowest BCUT2D eigenvalue weighted by atomic mass is 10.1. The van der Waals surface area contributed by atoms with Crippen molar-refractivity contribution in [3.8, 4) is 0 Å². The van der Waals surface area contributed by atoms with E-state index in [1.54, 1.807) is 6.20 Å². The first-order chi connectivity index (χ1) is 8.24. The fourth-order valence-electron chi connectivity index (χ4n) is 2.45. The van der Waals surface area contributed by atoms with Gasteiger partial charge < -0.3 is 9.88 Å². The number of imidazole rings is 1. The summed E-state index contributed by atoms with van der Waals surface area (Å²) < 4.78 is 0. The first kappa shape index (κ1) is 10.7. The van der Waals surface area contributed by atoms with Gasteiger partial charge in [-0.25, -0.2) is 4.98 Å². The largest absolute Gasteiger partial charge is 0.361 e. The molecule has 17 heavy (non-hydrogen) atoms. The van der Waals surface area contributed by atoms with Crippen LogP contribution in [0.5, 0.6) is 0 Å². The minimum Gasteiger partial charge on any atom is -0.361 e. The number of nitrogens with zero attached hydrogens (tertiary/aromatic N) is 2. The minimum absolute atomic E-state index is 0.494. The minimum atomic E-state index is 0.494. The third-order valence-electron chi connectivity index (χ3n) is 3.27. The zero-order valence-electron chi connectivity index (χ0n) is 9.65. The molecule has 88 valence electrons. The second-order valence-corrected chi connectivity index (χ2v) is 4.93. The van der Waals surface area contributed by atoms with Crippen LogP contribution in [0.15, 0.2) is 30.6 Å². The lowest BCUT2D eigenvalue weighted by Gasteiger charge is -2.23. The van der Waals surface area contributed by atoms with Crippen LogP contribution in [0.2, 0.25) is 5.02 Å². The normalized spacial score (nSPS) is 18.5. The van der Waals surface area contributed by atoms with E-state index in [4.69, 9.17) is 11.6 Å². The smallest absolute Gasteiger partial charge is 0.125 e. The van der Waals surface area contributed by atoms with Crippen molar-refractivity contribution in [2.45, 2.75) is 25.9 Å². The van der Waals surface area contributed by atoms with Crippen LogP contribution in [-0.2, 0) is 13.0 Å². The molecule has 1 atom stereocenters. The van der Waals surface area contributed by atoms with Gasteiger partial charge in [-0.2, -0.15) is 0 Å². The Morgan fingerprint density at radius 1 is 1.53 bits per heavy atom. The van der Waals surface area contributed by atoms with Gasteiger partial charge in [-0.1, -0.05) is 11.6 Å². The Balaban J connectivity index is 1.91. The number of fused-ring (bicyclic) bond motifs is 1. The molecule has 0 bridgehead atoms. The van der Waals surface area contributed by atoms with Crippen molar-refractivity contribution >= 4 is 17.3 Å². The molecule has 0 saturated heterocycles. The van der Waals surface area contributed by atoms with Gasteiger partial charge in [0, 0.05) is 29.1 Å². The molecule has 3 nitrogen and oxygen atoms in total. The summed E-state index contributed by atoms with van der Waals surface area (Å²) in [6.07, 6.45) is 4.70. The summed E-state index contributed by atoms with van der Waals surface area (Å²) in [6.45, 7) is 3.06. The Bertz CT molecular complexity index is 521. The van der Waals surface area contributed by atoms with Gasteiger partial charge in [0.25, 0.3) is 0 Å². The third-order valence-corrected chi connectivity index (χ3v) is 3.51. The van der Waals surface area contributed by atoms with Gasteiger partial charge in [-0.3, -0.25) is 0 Å². The summed E-state index contributed by atoms with van der Waals surface area (Å²) in [4.78, 5) is 9.79. The molecule has 0 saturated carbocycles. The molecule has 1 unspecified atom stereocenters. The van der Waals surface area contributed by atoms with Crippen LogP contribution in [0.25, 0.3) is 0 Å². The maximum Gasteiger partial charge on any atom is 0.125 e. The van der Waals surface area contributed by atoms with Crippen molar-refractivity contribution in [2.75, 3.05) is 4.90 Å². The molecule has 0 aliphatic carbocycles. The summed E-state index contributed by atoms with van der Waals surface area (Å²) in [5, 5.41) is 0.816. The van der Waals surface area contributed by atoms with E-state index in [1.165, 1.54) is 11.3 Å². The molecule has 3 rings (SSSR count). The van der Waals surface area contributed by atoms with Crippen molar-refractivity contribution in [1.82, 2.24) is 9.97 Å². The van der Waals surface area contributed by atoms with E-state index < -0.39 is 0 Å². The number of anilines is 1. The molecule has 1 aliphatic heterocycles. The molecule has 0 spiro atoms. The highest BCUT2D eigenvalue weighted by Gasteiger charge is 2.26. The SMILES string of the molecule is CC1Cc2cc(Cl)ccc2N1Cc1ncc[nH]1. The van der Waals surface area contributed by atoms with Crippen molar-refractivity contribution in [3.05, 3.63) is 47.0 Å². The highest BCUT2D eigenvalue weighted by atomic mass is 35.5. The summed E-state index contributed by atoms with van der Waals surface area (Å²) in [7, 11) is 0. The average Bonchev–Trinajstić information content (AvgIpc) is 2.88. The van der Waals surface area contributed by atoms with Crippen molar-refractivity contribution in [3.63, 3.8) is 0 Å². The molecule has 4 heteroatoms. The Kier molecular flexibility index (Phi) is 2.56. The number of halogens is 1. The molecule has 1 aliphatic rings. The molecule has 0 amide bonds. The standard InChI is InChI=1S/C13H14ClN3/c1-9-6-10-7-11(14)2-3-12(10)17(9)8-13-15-4-5-16-13/h2-5,7,9H,6,8H2,1H3,(H,15,16). The van der Waals surface area contributed by atoms with E-state index in [0.29, 0.717) is 6.04 Å². The molecule has 0 fully saturated rings. The summed E-state index contributed by atoms with van der Waals surface area (Å²) >= 11 is 6.02. The number of H-pyrrole nitrogens is 1. The first-order valence-corrected chi connectivity index (χ1v) is 6.15. The Labute approximate surface area is 105 Å². The zero-order chi connectivity index (χ0) is 11.8. The Morgan fingerprint density at radius 3 is 3.18 bits per heavy atom. The van der Waals surface area contributed by atoms with Crippen LogP contribution in [0.3, 0.4) is 0 Å². The summed E-state index contributed by atoms with van der Waals surface area (Å²) in [6, 6.07) is 6.61. The lowest BCUT2D eigenvalue weighted by molar-refractivity contribution is 0.658. The number of hydrogen-bond acceptors (Lipinski definition) is 2. The number of hydrogen-bond donors (Lipinski definition) is 1. The van der Waals surface area contributed by atoms with Crippen molar-refractivity contribution in [2.24, 2.45) is 0 Å². The third kappa shape index (κ3) is 1.91. The monoisotopic (exact) mass is 247 g/mol. The van der Waals surface area contributed by atoms with Crippen LogP contribution in [0.4, 0.5) is 5.69 Å². The summed E-state index contributed by atoms with van der Waals surface area (Å²) in [5.74, 6) is 1.000. The molecule has 1 N–H and O–H groups in total. The number of nitrogens with one attached hydrogen (secondary N) is 1. The fourth-order valence-corrected chi connectivity index (χ4v) is 2.65. The predicted molar refractivity (Wildman–Crippen MR) is 69.4 cm³/mol. The molecular formula is C13H14ClN3. The van der Waals surface area contributed by atoms with E-state index in [2.05, 4.69) is 33.9 Å². The maximum absolute atomic E-state index is 6.02. The van der Waals surface area contributed by atoms with E-state index in [9.17, 15) is 0 Å². The van der Waals surface area contributed by atoms with Gasteiger partial charge in [-0.05, 0) is 37.1 Å². The fraction of sp³-hybridized carbons (Fsp3) is 0.308. The van der Waals surface area contributed by atoms with Gasteiger partial charge in [0.1, 0.15) is 5.82 Å². The molecule has 1 aromatic carbocycles. The van der Waals surface area contributed by atoms with Crippen LogP contribution < -0.4 is 4.90 Å². The summed E-state index contributed by atoms with van der Waals surface area (Å²) in [5.41, 5.74) is 2.61. The van der Waals surface area contributed by atoms with Gasteiger partial charge in [0.15, 0.2) is 0 Å². The molecule has 0 radical (unpaired) electrons. The molecule has 2 heterocycles. The van der Waals surface area contributed by atoms with Crippen LogP contribution in [-0.4, -0.2) is 16.0 Å². The second-order valence-electron chi connectivity index (χ2n) is 4.49. The van der Waals surface area contributed by atoms with E-state index >= 15 is 0 Å². The van der Waals surface area contributed by atoms with E-state index in [-0.39, 0.29) is 0 Å². The van der Waals surface area contributed by atoms with Crippen molar-refractivity contribution < 1.29 is 0 Å². The predicted octanol–water partition coefficient (Wildman–Crippen LogP) is 3.01. The topological polar surface area (TPSA) is 31.9 Å². The van der Waals surface area contributed by atoms with Crippen LogP contribution >= 0.6 is 11.6 Å². The van der Waals surface area contributed by atoms with Gasteiger partial charge >= 0.3 is 0 Å². The zero-order valence-corrected chi connectivity index (χ0v) is 10.4. The molecule has 2 aromatic rings. The van der Waals surface area contributed by atoms with E-state index in [0.717, 1.165) is 23.8 Å². The molecule has 1 aromatic heterocycles. The second kappa shape index (κ2) is 4.08. The number of aromatic nitrogens is 2. The van der Waals surface area contributed by atoms with E-state index in [1.807, 2.05) is 12.3 Å². The first-order valence-electron chi connectivity index (χ1n) is 5.77. The van der Waals surface area contributed by atoms with Gasteiger partial charge in [0.05, 0.1) is 6.54 Å². The maximum atomic E-state index is 6.02. The van der Waals surface area contributed by atoms with Gasteiger partial charge in [-0.15, -0.1) is 0 Å². The van der Waals surface area contributed by atoms with Crippen molar-refractivity contribution in [1.29, 1.82) is 0 Å². The van der Waals surface area contributed by atoms with Crippen LogP contribution in [0, 0.1) is 0 Å². The number of rotatable bonds is 2.